The Morgan fingerprint density at radius 1 is 1.41 bits per heavy atom. The number of aryl methyl sites for hydroxylation is 1. The molecule has 1 aliphatic carbocycles. The normalized spacial score (nSPS) is 19.0. The van der Waals surface area contributed by atoms with Gasteiger partial charge in [0.25, 0.3) is 0 Å². The van der Waals surface area contributed by atoms with Gasteiger partial charge in [-0.25, -0.2) is 0 Å². The molecule has 1 atom stereocenters. The highest BCUT2D eigenvalue weighted by atomic mass is 15.2. The summed E-state index contributed by atoms with van der Waals surface area (Å²) in [5, 5.41) is 0. The maximum absolute atomic E-state index is 5.85. The molecule has 17 heavy (non-hydrogen) atoms. The topological polar surface area (TPSA) is 29.3 Å². The lowest BCUT2D eigenvalue weighted by molar-refractivity contribution is 0.184. The van der Waals surface area contributed by atoms with Crippen LogP contribution in [-0.4, -0.2) is 18.0 Å². The van der Waals surface area contributed by atoms with Gasteiger partial charge >= 0.3 is 0 Å². The lowest BCUT2D eigenvalue weighted by Crippen LogP contribution is -2.30. The van der Waals surface area contributed by atoms with Crippen molar-refractivity contribution in [1.82, 2.24) is 4.90 Å². The SMILES string of the molecule is CCN(CC(C)C)C1CCc2cc(N)ccc21. The van der Waals surface area contributed by atoms with Crippen LogP contribution in [0.2, 0.25) is 0 Å². The van der Waals surface area contributed by atoms with E-state index in [1.54, 1.807) is 0 Å². The van der Waals surface area contributed by atoms with Crippen LogP contribution in [0.25, 0.3) is 0 Å². The molecule has 0 fully saturated rings. The molecule has 94 valence electrons. The van der Waals surface area contributed by atoms with Gasteiger partial charge in [-0.1, -0.05) is 26.8 Å². The first kappa shape index (κ1) is 12.4. The van der Waals surface area contributed by atoms with Crippen molar-refractivity contribution < 1.29 is 0 Å². The lowest BCUT2D eigenvalue weighted by atomic mass is 10.0. The van der Waals surface area contributed by atoms with Crippen molar-refractivity contribution in [2.24, 2.45) is 5.92 Å². The number of benzene rings is 1. The maximum Gasteiger partial charge on any atom is 0.0354 e. The van der Waals surface area contributed by atoms with Gasteiger partial charge in [-0.2, -0.15) is 0 Å². The molecule has 2 N–H and O–H groups in total. The van der Waals surface area contributed by atoms with Gasteiger partial charge in [0.05, 0.1) is 0 Å². The summed E-state index contributed by atoms with van der Waals surface area (Å²) in [4.78, 5) is 2.60. The van der Waals surface area contributed by atoms with Crippen LogP contribution in [0.4, 0.5) is 5.69 Å². The maximum atomic E-state index is 5.85. The average Bonchev–Trinajstić information content (AvgIpc) is 2.68. The molecule has 0 saturated heterocycles. The number of fused-ring (bicyclic) bond motifs is 1. The Labute approximate surface area is 105 Å². The van der Waals surface area contributed by atoms with E-state index >= 15 is 0 Å². The molecule has 0 aromatic heterocycles. The van der Waals surface area contributed by atoms with Crippen LogP contribution < -0.4 is 5.73 Å². The summed E-state index contributed by atoms with van der Waals surface area (Å²) in [7, 11) is 0. The van der Waals surface area contributed by atoms with Gasteiger partial charge in [0.15, 0.2) is 0 Å². The fourth-order valence-electron chi connectivity index (χ4n) is 2.94. The number of hydrogen-bond donors (Lipinski definition) is 1. The third-order valence-electron chi connectivity index (χ3n) is 3.66. The highest BCUT2D eigenvalue weighted by Crippen LogP contribution is 2.36. The Hall–Kier alpha value is -1.02. The zero-order chi connectivity index (χ0) is 12.4. The first-order valence-corrected chi connectivity index (χ1v) is 6.74. The van der Waals surface area contributed by atoms with Gasteiger partial charge in [-0.15, -0.1) is 0 Å². The van der Waals surface area contributed by atoms with Crippen LogP contribution >= 0.6 is 0 Å². The molecular weight excluding hydrogens is 208 g/mol. The molecule has 0 heterocycles. The van der Waals surface area contributed by atoms with Crippen molar-refractivity contribution in [2.45, 2.75) is 39.7 Å². The molecule has 0 aliphatic heterocycles. The van der Waals surface area contributed by atoms with Crippen LogP contribution in [0.3, 0.4) is 0 Å². The zero-order valence-corrected chi connectivity index (χ0v) is 11.2. The van der Waals surface area contributed by atoms with Gasteiger partial charge in [0.1, 0.15) is 0 Å². The van der Waals surface area contributed by atoms with Crippen molar-refractivity contribution in [3.8, 4) is 0 Å². The van der Waals surface area contributed by atoms with E-state index in [1.807, 2.05) is 6.07 Å². The molecule has 0 saturated carbocycles. The van der Waals surface area contributed by atoms with E-state index in [1.165, 1.54) is 30.5 Å². The van der Waals surface area contributed by atoms with Crippen LogP contribution in [0, 0.1) is 5.92 Å². The Kier molecular flexibility index (Phi) is 3.72. The molecule has 2 heteroatoms. The number of nitrogens with two attached hydrogens (primary N) is 1. The molecule has 1 aromatic rings. The van der Waals surface area contributed by atoms with Crippen LogP contribution in [-0.2, 0) is 6.42 Å². The van der Waals surface area contributed by atoms with Crippen LogP contribution in [0.5, 0.6) is 0 Å². The second kappa shape index (κ2) is 5.09. The zero-order valence-electron chi connectivity index (χ0n) is 11.2. The third-order valence-corrected chi connectivity index (χ3v) is 3.66. The molecule has 2 rings (SSSR count). The molecule has 1 aromatic carbocycles. The molecule has 1 unspecified atom stereocenters. The number of hydrogen-bond acceptors (Lipinski definition) is 2. The van der Waals surface area contributed by atoms with Crippen molar-refractivity contribution >= 4 is 5.69 Å². The third kappa shape index (κ3) is 2.63. The van der Waals surface area contributed by atoms with Crippen molar-refractivity contribution in [2.75, 3.05) is 18.8 Å². The van der Waals surface area contributed by atoms with Gasteiger partial charge in [0, 0.05) is 18.3 Å². The minimum Gasteiger partial charge on any atom is -0.399 e. The van der Waals surface area contributed by atoms with Gasteiger partial charge in [-0.05, 0) is 48.6 Å². The average molecular weight is 232 g/mol. The van der Waals surface area contributed by atoms with Crippen molar-refractivity contribution in [1.29, 1.82) is 0 Å². The Bertz CT molecular complexity index is 385. The largest absolute Gasteiger partial charge is 0.399 e. The summed E-state index contributed by atoms with van der Waals surface area (Å²) < 4.78 is 0. The summed E-state index contributed by atoms with van der Waals surface area (Å²) in [6.45, 7) is 9.17. The summed E-state index contributed by atoms with van der Waals surface area (Å²) in [5.74, 6) is 0.729. The standard InChI is InChI=1S/C15H24N2/c1-4-17(10-11(2)3)15-8-5-12-9-13(16)6-7-14(12)15/h6-7,9,11,15H,4-5,8,10,16H2,1-3H3. The van der Waals surface area contributed by atoms with Gasteiger partial charge < -0.3 is 5.73 Å². The fraction of sp³-hybridized carbons (Fsp3) is 0.600. The molecule has 0 bridgehead atoms. The molecule has 2 nitrogen and oxygen atoms in total. The Balaban J connectivity index is 2.20. The minimum absolute atomic E-state index is 0.609. The molecule has 0 spiro atoms. The van der Waals surface area contributed by atoms with Crippen molar-refractivity contribution in [3.05, 3.63) is 29.3 Å². The first-order chi connectivity index (χ1) is 8.11. The van der Waals surface area contributed by atoms with Crippen molar-refractivity contribution in [3.63, 3.8) is 0 Å². The second-order valence-corrected chi connectivity index (χ2v) is 5.49. The molecular formula is C15H24N2. The highest BCUT2D eigenvalue weighted by Gasteiger charge is 2.27. The molecule has 1 aliphatic rings. The summed E-state index contributed by atoms with van der Waals surface area (Å²) in [5.41, 5.74) is 9.71. The minimum atomic E-state index is 0.609. The van der Waals surface area contributed by atoms with E-state index in [-0.39, 0.29) is 0 Å². The van der Waals surface area contributed by atoms with E-state index in [0.717, 1.165) is 18.2 Å². The monoisotopic (exact) mass is 232 g/mol. The molecule has 0 radical (unpaired) electrons. The summed E-state index contributed by atoms with van der Waals surface area (Å²) >= 11 is 0. The first-order valence-electron chi connectivity index (χ1n) is 6.74. The predicted molar refractivity (Wildman–Crippen MR) is 74.0 cm³/mol. The second-order valence-electron chi connectivity index (χ2n) is 5.49. The number of anilines is 1. The van der Waals surface area contributed by atoms with E-state index in [2.05, 4.69) is 37.8 Å². The lowest BCUT2D eigenvalue weighted by Gasteiger charge is -2.30. The van der Waals surface area contributed by atoms with E-state index in [0.29, 0.717) is 6.04 Å². The number of nitrogens with zero attached hydrogens (tertiary/aromatic N) is 1. The van der Waals surface area contributed by atoms with E-state index in [9.17, 15) is 0 Å². The van der Waals surface area contributed by atoms with E-state index < -0.39 is 0 Å². The predicted octanol–water partition coefficient (Wildman–Crippen LogP) is 3.23. The van der Waals surface area contributed by atoms with E-state index in [4.69, 9.17) is 5.73 Å². The fourth-order valence-corrected chi connectivity index (χ4v) is 2.94. The molecule has 0 amide bonds. The smallest absolute Gasteiger partial charge is 0.0354 e. The number of nitrogen functional groups attached to an aromatic ring is 1. The van der Waals surface area contributed by atoms with Gasteiger partial charge in [-0.3, -0.25) is 4.90 Å². The quantitative estimate of drug-likeness (QED) is 0.808. The van der Waals surface area contributed by atoms with Crippen LogP contribution in [0.15, 0.2) is 18.2 Å². The summed E-state index contributed by atoms with van der Waals surface area (Å²) in [6, 6.07) is 7.03. The van der Waals surface area contributed by atoms with Gasteiger partial charge in [0.2, 0.25) is 0 Å². The number of rotatable bonds is 4. The Morgan fingerprint density at radius 2 is 2.18 bits per heavy atom. The Morgan fingerprint density at radius 3 is 2.82 bits per heavy atom. The highest BCUT2D eigenvalue weighted by molar-refractivity contribution is 5.47. The van der Waals surface area contributed by atoms with Crippen LogP contribution in [0.1, 0.15) is 44.4 Å². The summed E-state index contributed by atoms with van der Waals surface area (Å²) in [6.07, 6.45) is 2.43.